The quantitative estimate of drug-likeness (QED) is 0.737. The number of benzene rings is 1. The number of aromatic amines is 1. The molecule has 5 nitrogen and oxygen atoms in total. The SMILES string of the molecule is CC(C)(C)n1ncc2c(=O)[nH]c(-c3ccccc3)nc21. The molecule has 102 valence electrons. The summed E-state index contributed by atoms with van der Waals surface area (Å²) < 4.78 is 1.78. The van der Waals surface area contributed by atoms with Gasteiger partial charge in [-0.1, -0.05) is 30.3 Å². The highest BCUT2D eigenvalue weighted by Gasteiger charge is 2.19. The molecule has 0 fully saturated rings. The molecular weight excluding hydrogens is 252 g/mol. The Bertz CT molecular complexity index is 809. The van der Waals surface area contributed by atoms with Gasteiger partial charge in [0.25, 0.3) is 5.56 Å². The van der Waals surface area contributed by atoms with E-state index in [2.05, 4.69) is 15.1 Å². The molecule has 0 atom stereocenters. The summed E-state index contributed by atoms with van der Waals surface area (Å²) in [5, 5.41) is 4.81. The smallest absolute Gasteiger partial charge is 0.262 e. The molecule has 0 bridgehead atoms. The van der Waals surface area contributed by atoms with Crippen LogP contribution in [0.25, 0.3) is 22.4 Å². The topological polar surface area (TPSA) is 63.6 Å². The number of hydrogen-bond donors (Lipinski definition) is 1. The first-order valence-corrected chi connectivity index (χ1v) is 6.51. The zero-order valence-corrected chi connectivity index (χ0v) is 11.7. The minimum atomic E-state index is -0.226. The van der Waals surface area contributed by atoms with E-state index in [0.29, 0.717) is 16.9 Å². The van der Waals surface area contributed by atoms with Gasteiger partial charge in [0.15, 0.2) is 5.65 Å². The highest BCUT2D eigenvalue weighted by Crippen LogP contribution is 2.20. The number of rotatable bonds is 1. The second kappa shape index (κ2) is 4.30. The first kappa shape index (κ1) is 12.6. The molecule has 3 rings (SSSR count). The Morgan fingerprint density at radius 1 is 1.15 bits per heavy atom. The summed E-state index contributed by atoms with van der Waals surface area (Å²) in [6.07, 6.45) is 1.57. The molecule has 0 radical (unpaired) electrons. The van der Waals surface area contributed by atoms with Crippen molar-refractivity contribution in [3.63, 3.8) is 0 Å². The van der Waals surface area contributed by atoms with Crippen molar-refractivity contribution in [1.82, 2.24) is 19.7 Å². The molecule has 0 aliphatic rings. The highest BCUT2D eigenvalue weighted by atomic mass is 16.1. The van der Waals surface area contributed by atoms with Gasteiger partial charge >= 0.3 is 0 Å². The minimum absolute atomic E-state index is 0.163. The van der Waals surface area contributed by atoms with Crippen molar-refractivity contribution < 1.29 is 0 Å². The lowest BCUT2D eigenvalue weighted by Gasteiger charge is -2.19. The second-order valence-corrected chi connectivity index (χ2v) is 5.75. The third kappa shape index (κ3) is 2.01. The summed E-state index contributed by atoms with van der Waals surface area (Å²) in [5.74, 6) is 0.564. The zero-order chi connectivity index (χ0) is 14.3. The first-order chi connectivity index (χ1) is 9.47. The van der Waals surface area contributed by atoms with Crippen LogP contribution in [0.3, 0.4) is 0 Å². The fraction of sp³-hybridized carbons (Fsp3) is 0.267. The van der Waals surface area contributed by atoms with Gasteiger partial charge in [0.2, 0.25) is 0 Å². The van der Waals surface area contributed by atoms with Crippen LogP contribution in [-0.4, -0.2) is 19.7 Å². The molecule has 3 aromatic rings. The van der Waals surface area contributed by atoms with Gasteiger partial charge in [-0.2, -0.15) is 5.10 Å². The molecule has 20 heavy (non-hydrogen) atoms. The van der Waals surface area contributed by atoms with Crippen LogP contribution in [0.2, 0.25) is 0 Å². The lowest BCUT2D eigenvalue weighted by molar-refractivity contribution is 0.366. The van der Waals surface area contributed by atoms with Crippen LogP contribution >= 0.6 is 0 Å². The fourth-order valence-electron chi connectivity index (χ4n) is 2.14. The van der Waals surface area contributed by atoms with E-state index < -0.39 is 0 Å². The van der Waals surface area contributed by atoms with Crippen molar-refractivity contribution >= 4 is 11.0 Å². The molecule has 0 unspecified atom stereocenters. The summed E-state index contributed by atoms with van der Waals surface area (Å²) in [4.78, 5) is 19.6. The average Bonchev–Trinajstić information content (AvgIpc) is 2.84. The number of H-pyrrole nitrogens is 1. The average molecular weight is 268 g/mol. The third-order valence-electron chi connectivity index (χ3n) is 3.12. The summed E-state index contributed by atoms with van der Waals surface area (Å²) in [6, 6.07) is 9.60. The second-order valence-electron chi connectivity index (χ2n) is 5.75. The van der Waals surface area contributed by atoms with Crippen molar-refractivity contribution in [1.29, 1.82) is 0 Å². The van der Waals surface area contributed by atoms with E-state index in [0.717, 1.165) is 5.56 Å². The van der Waals surface area contributed by atoms with E-state index in [1.165, 1.54) is 0 Å². The Morgan fingerprint density at radius 3 is 2.50 bits per heavy atom. The van der Waals surface area contributed by atoms with Gasteiger partial charge < -0.3 is 4.98 Å². The van der Waals surface area contributed by atoms with Gasteiger partial charge in [0.1, 0.15) is 11.2 Å². The third-order valence-corrected chi connectivity index (χ3v) is 3.12. The number of hydrogen-bond acceptors (Lipinski definition) is 3. The molecule has 1 N–H and O–H groups in total. The van der Waals surface area contributed by atoms with Crippen molar-refractivity contribution in [2.24, 2.45) is 0 Å². The van der Waals surface area contributed by atoms with Gasteiger partial charge in [0, 0.05) is 5.56 Å². The van der Waals surface area contributed by atoms with E-state index in [1.54, 1.807) is 10.9 Å². The van der Waals surface area contributed by atoms with Crippen molar-refractivity contribution in [2.45, 2.75) is 26.3 Å². The monoisotopic (exact) mass is 268 g/mol. The highest BCUT2D eigenvalue weighted by molar-refractivity contribution is 5.75. The van der Waals surface area contributed by atoms with E-state index >= 15 is 0 Å². The number of fused-ring (bicyclic) bond motifs is 1. The number of nitrogens with one attached hydrogen (secondary N) is 1. The fourth-order valence-corrected chi connectivity index (χ4v) is 2.14. The molecule has 5 heteroatoms. The molecule has 0 spiro atoms. The number of aromatic nitrogens is 4. The van der Waals surface area contributed by atoms with E-state index in [9.17, 15) is 4.79 Å². The Balaban J connectivity index is 2.30. The molecule has 0 aliphatic heterocycles. The Hall–Kier alpha value is -2.43. The van der Waals surface area contributed by atoms with Crippen LogP contribution in [-0.2, 0) is 5.54 Å². The molecule has 2 heterocycles. The normalized spacial score (nSPS) is 11.9. The minimum Gasteiger partial charge on any atom is -0.306 e. The Morgan fingerprint density at radius 2 is 1.85 bits per heavy atom. The molecule has 0 saturated carbocycles. The molecule has 0 amide bonds. The van der Waals surface area contributed by atoms with E-state index in [1.807, 2.05) is 51.1 Å². The number of nitrogens with zero attached hydrogens (tertiary/aromatic N) is 3. The van der Waals surface area contributed by atoms with Crippen molar-refractivity contribution in [2.75, 3.05) is 0 Å². The summed E-state index contributed by atoms with van der Waals surface area (Å²) in [7, 11) is 0. The van der Waals surface area contributed by atoms with Gasteiger partial charge in [-0.15, -0.1) is 0 Å². The molecule has 0 saturated heterocycles. The van der Waals surface area contributed by atoms with Gasteiger partial charge in [-0.25, -0.2) is 9.67 Å². The largest absolute Gasteiger partial charge is 0.306 e. The standard InChI is InChI=1S/C15H16N4O/c1-15(2,3)19-13-11(9-16-19)14(20)18-12(17-13)10-7-5-4-6-8-10/h4-9H,1-3H3,(H,17,18,20). The van der Waals surface area contributed by atoms with Crippen LogP contribution in [0.5, 0.6) is 0 Å². The lowest BCUT2D eigenvalue weighted by Crippen LogP contribution is -2.24. The van der Waals surface area contributed by atoms with Crippen LogP contribution in [0.4, 0.5) is 0 Å². The maximum absolute atomic E-state index is 12.2. The molecular formula is C15H16N4O. The summed E-state index contributed by atoms with van der Waals surface area (Å²) in [6.45, 7) is 6.10. The zero-order valence-electron chi connectivity index (χ0n) is 11.7. The summed E-state index contributed by atoms with van der Waals surface area (Å²) >= 11 is 0. The lowest BCUT2D eigenvalue weighted by atomic mass is 10.1. The van der Waals surface area contributed by atoms with Crippen LogP contribution in [0.1, 0.15) is 20.8 Å². The Kier molecular flexibility index (Phi) is 2.71. The van der Waals surface area contributed by atoms with Crippen LogP contribution in [0, 0.1) is 0 Å². The van der Waals surface area contributed by atoms with E-state index in [-0.39, 0.29) is 11.1 Å². The van der Waals surface area contributed by atoms with Crippen LogP contribution < -0.4 is 5.56 Å². The van der Waals surface area contributed by atoms with E-state index in [4.69, 9.17) is 0 Å². The molecule has 1 aromatic carbocycles. The predicted octanol–water partition coefficient (Wildman–Crippen LogP) is 2.54. The molecule has 0 aliphatic carbocycles. The van der Waals surface area contributed by atoms with Gasteiger partial charge in [0.05, 0.1) is 11.7 Å². The van der Waals surface area contributed by atoms with Gasteiger partial charge in [-0.3, -0.25) is 4.79 Å². The predicted molar refractivity (Wildman–Crippen MR) is 78.6 cm³/mol. The first-order valence-electron chi connectivity index (χ1n) is 6.51. The van der Waals surface area contributed by atoms with Crippen molar-refractivity contribution in [3.8, 4) is 11.4 Å². The summed E-state index contributed by atoms with van der Waals surface area (Å²) in [5.41, 5.74) is 1.11. The molecule has 2 aromatic heterocycles. The van der Waals surface area contributed by atoms with Gasteiger partial charge in [-0.05, 0) is 20.8 Å². The maximum Gasteiger partial charge on any atom is 0.262 e. The Labute approximate surface area is 116 Å². The maximum atomic E-state index is 12.2. The van der Waals surface area contributed by atoms with Crippen molar-refractivity contribution in [3.05, 3.63) is 46.9 Å². The van der Waals surface area contributed by atoms with Crippen LogP contribution in [0.15, 0.2) is 41.3 Å².